The average Bonchev–Trinajstić information content (AvgIpc) is 2.91. The second kappa shape index (κ2) is 11.3. The lowest BCUT2D eigenvalue weighted by Gasteiger charge is -2.48. The van der Waals surface area contributed by atoms with Crippen molar-refractivity contribution in [2.24, 2.45) is 5.92 Å². The van der Waals surface area contributed by atoms with Gasteiger partial charge in [0.05, 0.1) is 32.3 Å². The lowest BCUT2D eigenvalue weighted by molar-refractivity contribution is -0.131. The summed E-state index contributed by atoms with van der Waals surface area (Å²) < 4.78 is 20.9. The van der Waals surface area contributed by atoms with E-state index in [0.29, 0.717) is 18.6 Å². The molecule has 3 atom stereocenters. The van der Waals surface area contributed by atoms with Gasteiger partial charge in [-0.25, -0.2) is 0 Å². The molecule has 1 heterocycles. The number of aliphatic hydroxyl groups excluding tert-OH is 1. The molecule has 1 aliphatic rings. The molecule has 184 valence electrons. The first-order valence-corrected chi connectivity index (χ1v) is 11.6. The van der Waals surface area contributed by atoms with Gasteiger partial charge in [-0.1, -0.05) is 24.3 Å². The van der Waals surface area contributed by atoms with Crippen molar-refractivity contribution in [2.75, 3.05) is 33.0 Å². The van der Waals surface area contributed by atoms with Crippen LogP contribution >= 0.6 is 0 Å². The molecule has 0 saturated carbocycles. The maximum absolute atomic E-state index is 13.3. The number of ether oxygens (including phenoxy) is 4. The highest BCUT2D eigenvalue weighted by Crippen LogP contribution is 2.46. The van der Waals surface area contributed by atoms with Crippen LogP contribution in [0.3, 0.4) is 0 Å². The molecule has 1 fully saturated rings. The normalized spacial score (nSPS) is 18.1. The van der Waals surface area contributed by atoms with Crippen LogP contribution < -0.4 is 19.1 Å². The number of rotatable bonds is 11. The van der Waals surface area contributed by atoms with Crippen LogP contribution in [-0.4, -0.2) is 39.1 Å². The van der Waals surface area contributed by atoms with Crippen LogP contribution in [0, 0.1) is 5.92 Å². The number of anilines is 1. The van der Waals surface area contributed by atoms with Gasteiger partial charge in [-0.15, -0.1) is 0 Å². The second-order valence-electron chi connectivity index (χ2n) is 8.44. The van der Waals surface area contributed by atoms with Gasteiger partial charge in [-0.3, -0.25) is 4.79 Å². The summed E-state index contributed by atoms with van der Waals surface area (Å²) in [5.74, 6) is 1.99. The van der Waals surface area contributed by atoms with Gasteiger partial charge >= 0.3 is 0 Å². The van der Waals surface area contributed by atoms with Crippen molar-refractivity contribution in [1.82, 2.24) is 0 Å². The predicted octanol–water partition coefficient (Wildman–Crippen LogP) is 4.90. The quantitative estimate of drug-likeness (QED) is 0.313. The Morgan fingerprint density at radius 3 is 1.97 bits per heavy atom. The van der Waals surface area contributed by atoms with Gasteiger partial charge in [0.2, 0.25) is 5.91 Å². The van der Waals surface area contributed by atoms with Crippen LogP contribution in [-0.2, 0) is 9.53 Å². The van der Waals surface area contributed by atoms with E-state index in [-0.39, 0.29) is 24.7 Å². The van der Waals surface area contributed by atoms with Gasteiger partial charge in [0.25, 0.3) is 0 Å². The summed E-state index contributed by atoms with van der Waals surface area (Å²) in [5.41, 5.74) is 2.63. The van der Waals surface area contributed by atoms with E-state index in [1.807, 2.05) is 65.6 Å². The minimum atomic E-state index is -0.675. The van der Waals surface area contributed by atoms with E-state index in [1.165, 1.54) is 0 Å². The third-order valence-electron chi connectivity index (χ3n) is 6.38. The largest absolute Gasteiger partial charge is 0.497 e. The number of methoxy groups -OCH3 is 3. The van der Waals surface area contributed by atoms with Gasteiger partial charge in [0, 0.05) is 12.8 Å². The molecule has 0 aromatic heterocycles. The molecule has 0 radical (unpaired) electrons. The molecular formula is C28H31NO6. The number of carbonyl (C=O) groups is 1. The van der Waals surface area contributed by atoms with E-state index in [9.17, 15) is 9.90 Å². The number of hydrogen-bond acceptors (Lipinski definition) is 6. The Kier molecular flexibility index (Phi) is 7.90. The first-order chi connectivity index (χ1) is 17.0. The molecule has 0 spiro atoms. The van der Waals surface area contributed by atoms with Crippen LogP contribution in [0.5, 0.6) is 17.2 Å². The lowest BCUT2D eigenvalue weighted by Crippen LogP contribution is -2.55. The molecule has 3 aromatic rings. The van der Waals surface area contributed by atoms with Crippen molar-refractivity contribution in [1.29, 1.82) is 0 Å². The average molecular weight is 478 g/mol. The van der Waals surface area contributed by atoms with Crippen LogP contribution in [0.2, 0.25) is 0 Å². The minimum Gasteiger partial charge on any atom is -0.497 e. The van der Waals surface area contributed by atoms with E-state index in [1.54, 1.807) is 33.5 Å². The fraction of sp³-hybridized carbons (Fsp3) is 0.321. The molecule has 7 nitrogen and oxygen atoms in total. The third kappa shape index (κ3) is 5.42. The molecule has 0 bridgehead atoms. The Balaban J connectivity index is 1.49. The Hall–Kier alpha value is -3.55. The Labute approximate surface area is 205 Å². The first kappa shape index (κ1) is 24.6. The van der Waals surface area contributed by atoms with E-state index in [4.69, 9.17) is 18.9 Å². The zero-order valence-electron chi connectivity index (χ0n) is 20.2. The molecule has 1 aliphatic heterocycles. The third-order valence-corrected chi connectivity index (χ3v) is 6.38. The van der Waals surface area contributed by atoms with Crippen molar-refractivity contribution >= 4 is 11.6 Å². The zero-order chi connectivity index (χ0) is 24.8. The highest BCUT2D eigenvalue weighted by Gasteiger charge is 2.48. The molecule has 1 saturated heterocycles. The number of benzene rings is 3. The second-order valence-corrected chi connectivity index (χ2v) is 8.44. The van der Waals surface area contributed by atoms with Crippen LogP contribution in [0.15, 0.2) is 72.8 Å². The molecule has 1 N–H and O–H groups in total. The number of nitrogens with zero attached hydrogens (tertiary/aromatic N) is 1. The molecule has 0 aliphatic carbocycles. The molecule has 4 rings (SSSR count). The molecule has 35 heavy (non-hydrogen) atoms. The number of amides is 1. The summed E-state index contributed by atoms with van der Waals surface area (Å²) in [5, 5.41) is 10.8. The molecular weight excluding hydrogens is 446 g/mol. The van der Waals surface area contributed by atoms with E-state index in [2.05, 4.69) is 0 Å². The number of carbonyl (C=O) groups excluding carboxylic acids is 1. The van der Waals surface area contributed by atoms with Crippen molar-refractivity contribution in [3.05, 3.63) is 83.9 Å². The SMILES string of the molecule is COCOc1ccc([C@@H](O)CCC2C(=O)N(c3ccc(OC)cc3)C2c2ccc(OC)cc2)cc1. The van der Waals surface area contributed by atoms with E-state index >= 15 is 0 Å². The summed E-state index contributed by atoms with van der Waals surface area (Å²) in [6.45, 7) is 0.170. The predicted molar refractivity (Wildman–Crippen MR) is 133 cm³/mol. The standard InChI is InChI=1S/C28H31NO6/c1-32-18-35-24-12-4-19(5-13-24)26(30)17-16-25-27(20-6-10-22(33-2)11-7-20)29(28(25)31)21-8-14-23(34-3)15-9-21/h4-15,25-27,30H,16-18H2,1-3H3/t25?,26-,27?/m0/s1. The minimum absolute atomic E-state index is 0.0477. The Morgan fingerprint density at radius 2 is 1.40 bits per heavy atom. The monoisotopic (exact) mass is 477 g/mol. The summed E-state index contributed by atoms with van der Waals surface area (Å²) in [7, 11) is 4.81. The summed E-state index contributed by atoms with van der Waals surface area (Å²) in [6, 6.07) is 22.4. The fourth-order valence-electron chi connectivity index (χ4n) is 4.46. The van der Waals surface area contributed by atoms with Gasteiger partial charge < -0.3 is 29.0 Å². The van der Waals surface area contributed by atoms with Crippen LogP contribution in [0.1, 0.15) is 36.1 Å². The van der Waals surface area contributed by atoms with Crippen molar-refractivity contribution < 1.29 is 28.8 Å². The molecule has 3 aromatic carbocycles. The van der Waals surface area contributed by atoms with Gasteiger partial charge in [0.1, 0.15) is 17.2 Å². The maximum Gasteiger partial charge on any atom is 0.233 e. The topological polar surface area (TPSA) is 77.5 Å². The summed E-state index contributed by atoms with van der Waals surface area (Å²) in [6.07, 6.45) is 0.356. The van der Waals surface area contributed by atoms with Gasteiger partial charge in [-0.05, 0) is 72.5 Å². The van der Waals surface area contributed by atoms with Crippen molar-refractivity contribution in [2.45, 2.75) is 25.0 Å². The summed E-state index contributed by atoms with van der Waals surface area (Å²) >= 11 is 0. The van der Waals surface area contributed by atoms with Gasteiger partial charge in [0.15, 0.2) is 6.79 Å². The lowest BCUT2D eigenvalue weighted by atomic mass is 9.78. The highest BCUT2D eigenvalue weighted by atomic mass is 16.7. The Morgan fingerprint density at radius 1 is 0.829 bits per heavy atom. The summed E-state index contributed by atoms with van der Waals surface area (Å²) in [4.78, 5) is 15.1. The highest BCUT2D eigenvalue weighted by molar-refractivity contribution is 6.03. The van der Waals surface area contributed by atoms with Crippen molar-refractivity contribution in [3.8, 4) is 17.2 Å². The molecule has 7 heteroatoms. The van der Waals surface area contributed by atoms with Gasteiger partial charge in [-0.2, -0.15) is 0 Å². The maximum atomic E-state index is 13.3. The first-order valence-electron chi connectivity index (χ1n) is 11.6. The smallest absolute Gasteiger partial charge is 0.233 e. The molecule has 2 unspecified atom stereocenters. The number of hydrogen-bond donors (Lipinski definition) is 1. The molecule has 1 amide bonds. The Bertz CT molecular complexity index is 1100. The van der Waals surface area contributed by atoms with E-state index < -0.39 is 6.10 Å². The van der Waals surface area contributed by atoms with Crippen molar-refractivity contribution in [3.63, 3.8) is 0 Å². The van der Waals surface area contributed by atoms with Crippen LogP contribution in [0.4, 0.5) is 5.69 Å². The van der Waals surface area contributed by atoms with Crippen LogP contribution in [0.25, 0.3) is 0 Å². The zero-order valence-corrected chi connectivity index (χ0v) is 20.2. The fourth-order valence-corrected chi connectivity index (χ4v) is 4.46. The number of aliphatic hydroxyl groups is 1. The number of β-lactam (4-membered cyclic amide) rings is 1. The van der Waals surface area contributed by atoms with E-state index in [0.717, 1.165) is 28.3 Å².